The fourth-order valence-corrected chi connectivity index (χ4v) is 2.94. The molecule has 1 saturated heterocycles. The van der Waals surface area contributed by atoms with E-state index in [4.69, 9.17) is 0 Å². The summed E-state index contributed by atoms with van der Waals surface area (Å²) < 4.78 is 0. The summed E-state index contributed by atoms with van der Waals surface area (Å²) >= 11 is 0. The zero-order valence-corrected chi connectivity index (χ0v) is 10.4. The molecule has 1 atom stereocenters. The Hall–Kier alpha value is -1.55. The number of benzene rings is 1. The summed E-state index contributed by atoms with van der Waals surface area (Å²) in [5, 5.41) is 11.9. The van der Waals surface area contributed by atoms with Gasteiger partial charge < -0.3 is 5.32 Å². The van der Waals surface area contributed by atoms with E-state index in [9.17, 15) is 0 Å². The van der Waals surface area contributed by atoms with E-state index in [1.54, 1.807) is 0 Å². The van der Waals surface area contributed by atoms with Gasteiger partial charge in [0.2, 0.25) is 0 Å². The van der Waals surface area contributed by atoms with Gasteiger partial charge in [-0.15, -0.1) is 0 Å². The number of aromatic amines is 1. The molecular formula is C14H18N4. The van der Waals surface area contributed by atoms with Crippen molar-refractivity contribution >= 4 is 16.6 Å². The second kappa shape index (κ2) is 3.99. The Morgan fingerprint density at radius 3 is 3.11 bits per heavy atom. The molecule has 4 heteroatoms. The normalized spacial score (nSPS) is 24.8. The Morgan fingerprint density at radius 2 is 2.22 bits per heavy atom. The van der Waals surface area contributed by atoms with Crippen molar-refractivity contribution in [2.75, 3.05) is 18.4 Å². The van der Waals surface area contributed by atoms with Gasteiger partial charge in [-0.05, 0) is 37.5 Å². The Labute approximate surface area is 106 Å². The number of anilines is 1. The van der Waals surface area contributed by atoms with E-state index in [0.29, 0.717) is 6.04 Å². The van der Waals surface area contributed by atoms with Crippen LogP contribution in [0.4, 0.5) is 5.69 Å². The van der Waals surface area contributed by atoms with Crippen LogP contribution in [0.5, 0.6) is 0 Å². The van der Waals surface area contributed by atoms with Gasteiger partial charge in [0, 0.05) is 36.2 Å². The second-order valence-electron chi connectivity index (χ2n) is 5.53. The van der Waals surface area contributed by atoms with Crippen molar-refractivity contribution < 1.29 is 0 Å². The maximum Gasteiger partial charge on any atom is 0.0651 e. The molecule has 0 amide bonds. The van der Waals surface area contributed by atoms with E-state index in [2.05, 4.69) is 38.6 Å². The number of likely N-dealkylation sites (tertiary alicyclic amines) is 1. The molecule has 1 unspecified atom stereocenters. The molecule has 2 N–H and O–H groups in total. The minimum absolute atomic E-state index is 0.606. The molecule has 1 saturated carbocycles. The van der Waals surface area contributed by atoms with Gasteiger partial charge in [0.25, 0.3) is 0 Å². The third-order valence-corrected chi connectivity index (χ3v) is 4.09. The van der Waals surface area contributed by atoms with Crippen LogP contribution in [-0.2, 0) is 0 Å². The van der Waals surface area contributed by atoms with Crippen molar-refractivity contribution in [2.45, 2.75) is 31.3 Å². The van der Waals surface area contributed by atoms with Crippen LogP contribution < -0.4 is 5.32 Å². The van der Waals surface area contributed by atoms with Gasteiger partial charge in [0.1, 0.15) is 0 Å². The minimum atomic E-state index is 0.606. The second-order valence-corrected chi connectivity index (χ2v) is 5.53. The van der Waals surface area contributed by atoms with Crippen LogP contribution in [0.25, 0.3) is 10.9 Å². The van der Waals surface area contributed by atoms with Gasteiger partial charge in [-0.25, -0.2) is 0 Å². The quantitative estimate of drug-likeness (QED) is 0.867. The van der Waals surface area contributed by atoms with Crippen molar-refractivity contribution in [1.82, 2.24) is 15.1 Å². The molecule has 4 rings (SSSR count). The van der Waals surface area contributed by atoms with Gasteiger partial charge in [-0.3, -0.25) is 10.00 Å². The first-order valence-corrected chi connectivity index (χ1v) is 6.82. The van der Waals surface area contributed by atoms with Gasteiger partial charge in [0.05, 0.1) is 11.7 Å². The standard InChI is InChI=1S/C14H18N4/c1-4-14-10(8-15-17-14)7-11(1)16-12-5-6-18(9-12)13-2-3-13/h1,4,7-8,12-13,16H,2-3,5-6,9H2,(H,15,17). The summed E-state index contributed by atoms with van der Waals surface area (Å²) in [6, 6.07) is 7.92. The number of rotatable bonds is 3. The van der Waals surface area contributed by atoms with E-state index in [-0.39, 0.29) is 0 Å². The largest absolute Gasteiger partial charge is 0.381 e. The Balaban J connectivity index is 1.47. The lowest BCUT2D eigenvalue weighted by molar-refractivity contribution is 0.326. The van der Waals surface area contributed by atoms with E-state index >= 15 is 0 Å². The molecule has 1 aliphatic carbocycles. The molecular weight excluding hydrogens is 224 g/mol. The molecule has 0 bridgehead atoms. The van der Waals surface area contributed by atoms with Crippen molar-refractivity contribution in [3.05, 3.63) is 24.4 Å². The average Bonchev–Trinajstić information content (AvgIpc) is 2.95. The van der Waals surface area contributed by atoms with Gasteiger partial charge in [0.15, 0.2) is 0 Å². The van der Waals surface area contributed by atoms with E-state index in [1.807, 2.05) is 6.20 Å². The minimum Gasteiger partial charge on any atom is -0.381 e. The molecule has 0 radical (unpaired) electrons. The summed E-state index contributed by atoms with van der Waals surface area (Å²) in [6.45, 7) is 2.46. The number of aromatic nitrogens is 2. The van der Waals surface area contributed by atoms with Crippen LogP contribution >= 0.6 is 0 Å². The summed E-state index contributed by atoms with van der Waals surface area (Å²) in [5.41, 5.74) is 2.32. The maximum absolute atomic E-state index is 4.06. The van der Waals surface area contributed by atoms with Crippen LogP contribution in [0, 0.1) is 0 Å². The molecule has 1 aromatic heterocycles. The van der Waals surface area contributed by atoms with Gasteiger partial charge in [-0.1, -0.05) is 0 Å². The van der Waals surface area contributed by atoms with Crippen molar-refractivity contribution in [1.29, 1.82) is 0 Å². The molecule has 2 aliphatic rings. The number of hydrogen-bond acceptors (Lipinski definition) is 3. The summed E-state index contributed by atoms with van der Waals surface area (Å²) in [4.78, 5) is 2.63. The highest BCUT2D eigenvalue weighted by molar-refractivity contribution is 5.81. The van der Waals surface area contributed by atoms with Crippen LogP contribution in [0.1, 0.15) is 19.3 Å². The van der Waals surface area contributed by atoms with Crippen LogP contribution in [-0.4, -0.2) is 40.3 Å². The van der Waals surface area contributed by atoms with Crippen molar-refractivity contribution in [3.63, 3.8) is 0 Å². The Bertz CT molecular complexity index is 558. The average molecular weight is 242 g/mol. The van der Waals surface area contributed by atoms with Gasteiger partial charge >= 0.3 is 0 Å². The molecule has 0 spiro atoms. The first-order chi connectivity index (χ1) is 8.88. The summed E-state index contributed by atoms with van der Waals surface area (Å²) in [6.07, 6.45) is 5.97. The summed E-state index contributed by atoms with van der Waals surface area (Å²) in [5.74, 6) is 0. The molecule has 2 heterocycles. The molecule has 2 fully saturated rings. The van der Waals surface area contributed by atoms with Gasteiger partial charge in [-0.2, -0.15) is 5.10 Å². The molecule has 2 aromatic rings. The number of fused-ring (bicyclic) bond motifs is 1. The number of H-pyrrole nitrogens is 1. The Kier molecular flexibility index (Phi) is 2.30. The smallest absolute Gasteiger partial charge is 0.0651 e. The van der Waals surface area contributed by atoms with Crippen molar-refractivity contribution in [3.8, 4) is 0 Å². The topological polar surface area (TPSA) is 44.0 Å². The molecule has 94 valence electrons. The molecule has 1 aromatic carbocycles. The zero-order valence-electron chi connectivity index (χ0n) is 10.4. The maximum atomic E-state index is 4.06. The molecule has 4 nitrogen and oxygen atoms in total. The van der Waals surface area contributed by atoms with E-state index in [1.165, 1.54) is 43.4 Å². The highest BCUT2D eigenvalue weighted by Crippen LogP contribution is 2.30. The molecule has 1 aliphatic heterocycles. The lowest BCUT2D eigenvalue weighted by Gasteiger charge is -2.16. The predicted molar refractivity (Wildman–Crippen MR) is 72.7 cm³/mol. The molecule has 18 heavy (non-hydrogen) atoms. The highest BCUT2D eigenvalue weighted by Gasteiger charge is 2.34. The fourth-order valence-electron chi connectivity index (χ4n) is 2.94. The third-order valence-electron chi connectivity index (χ3n) is 4.09. The number of nitrogens with one attached hydrogen (secondary N) is 2. The fraction of sp³-hybridized carbons (Fsp3) is 0.500. The van der Waals surface area contributed by atoms with E-state index in [0.717, 1.165) is 11.6 Å². The SMILES string of the molecule is c1cc2[nH]ncc2cc1NC1CCN(C2CC2)C1. The van der Waals surface area contributed by atoms with Crippen molar-refractivity contribution in [2.24, 2.45) is 0 Å². The predicted octanol–water partition coefficient (Wildman–Crippen LogP) is 2.21. The zero-order chi connectivity index (χ0) is 11.9. The first-order valence-electron chi connectivity index (χ1n) is 6.82. The van der Waals surface area contributed by atoms with Crippen LogP contribution in [0.3, 0.4) is 0 Å². The monoisotopic (exact) mass is 242 g/mol. The Morgan fingerprint density at radius 1 is 1.28 bits per heavy atom. The first kappa shape index (κ1) is 10.4. The lowest BCUT2D eigenvalue weighted by Crippen LogP contribution is -2.27. The van der Waals surface area contributed by atoms with Crippen LogP contribution in [0.15, 0.2) is 24.4 Å². The van der Waals surface area contributed by atoms with E-state index < -0.39 is 0 Å². The number of nitrogens with zero attached hydrogens (tertiary/aromatic N) is 2. The lowest BCUT2D eigenvalue weighted by atomic mass is 10.2. The summed E-state index contributed by atoms with van der Waals surface area (Å²) in [7, 11) is 0. The number of hydrogen-bond donors (Lipinski definition) is 2. The third kappa shape index (κ3) is 1.86. The van der Waals surface area contributed by atoms with Crippen LogP contribution in [0.2, 0.25) is 0 Å². The highest BCUT2D eigenvalue weighted by atomic mass is 15.2.